The molecule has 10 nitrogen and oxygen atoms in total. The van der Waals surface area contributed by atoms with Crippen LogP contribution >= 0.6 is 0 Å². The molecule has 0 radical (unpaired) electrons. The van der Waals surface area contributed by atoms with Crippen LogP contribution in [0.4, 0.5) is 11.9 Å². The largest absolute Gasteiger partial charge is 0.331 e. The molecule has 0 saturated heterocycles. The fourth-order valence-electron chi connectivity index (χ4n) is 3.44. The van der Waals surface area contributed by atoms with E-state index in [9.17, 15) is 9.59 Å². The maximum absolute atomic E-state index is 12.9. The number of nitriles is 1. The molecule has 0 fully saturated rings. The number of pyridine rings is 1. The van der Waals surface area contributed by atoms with Gasteiger partial charge < -0.3 is 9.97 Å². The third-order valence-corrected chi connectivity index (χ3v) is 5.03. The smallest absolute Gasteiger partial charge is 0.260 e. The highest BCUT2D eigenvalue weighted by atomic mass is 16.2. The van der Waals surface area contributed by atoms with Crippen LogP contribution in [0.5, 0.6) is 0 Å². The maximum atomic E-state index is 12.9. The van der Waals surface area contributed by atoms with Gasteiger partial charge in [0, 0.05) is 29.7 Å². The van der Waals surface area contributed by atoms with Gasteiger partial charge in [-0.1, -0.05) is 18.2 Å². The molecule has 3 heterocycles. The number of hydrogen-bond donors (Lipinski definition) is 4. The number of rotatable bonds is 5. The zero-order valence-corrected chi connectivity index (χ0v) is 17.5. The molecule has 0 aliphatic carbocycles. The lowest BCUT2D eigenvalue weighted by atomic mass is 10.1. The van der Waals surface area contributed by atoms with E-state index in [1.165, 1.54) is 12.4 Å². The molecule has 0 aliphatic heterocycles. The van der Waals surface area contributed by atoms with Gasteiger partial charge in [0.05, 0.1) is 28.4 Å². The number of carbonyl (C=O) groups is 2. The number of nitrogens with zero attached hydrogens (tertiary/aromatic N) is 4. The first-order valence-corrected chi connectivity index (χ1v) is 10.2. The summed E-state index contributed by atoms with van der Waals surface area (Å²) >= 11 is 0. The number of para-hydroxylation sites is 1. The topological polar surface area (TPSA) is 152 Å². The molecule has 3 aromatic heterocycles. The van der Waals surface area contributed by atoms with Crippen molar-refractivity contribution in [1.82, 2.24) is 24.9 Å². The van der Waals surface area contributed by atoms with Crippen molar-refractivity contribution in [3.8, 4) is 17.3 Å². The van der Waals surface area contributed by atoms with Gasteiger partial charge in [-0.25, -0.2) is 9.97 Å². The summed E-state index contributed by atoms with van der Waals surface area (Å²) < 4.78 is 0. The minimum atomic E-state index is -0.402. The fourth-order valence-corrected chi connectivity index (χ4v) is 3.44. The highest BCUT2D eigenvalue weighted by Crippen LogP contribution is 2.22. The van der Waals surface area contributed by atoms with Crippen molar-refractivity contribution in [2.75, 3.05) is 10.6 Å². The summed E-state index contributed by atoms with van der Waals surface area (Å²) in [6, 6.07) is 17.4. The van der Waals surface area contributed by atoms with Crippen LogP contribution in [0, 0.1) is 11.3 Å². The Labute approximate surface area is 192 Å². The van der Waals surface area contributed by atoms with E-state index in [2.05, 4.69) is 41.6 Å². The van der Waals surface area contributed by atoms with Crippen molar-refractivity contribution in [3.63, 3.8) is 0 Å². The van der Waals surface area contributed by atoms with E-state index >= 15 is 0 Å². The number of hydrogen-bond acceptors (Lipinski definition) is 6. The summed E-state index contributed by atoms with van der Waals surface area (Å²) in [6.45, 7) is 0. The van der Waals surface area contributed by atoms with Gasteiger partial charge in [0.25, 0.3) is 11.8 Å². The summed E-state index contributed by atoms with van der Waals surface area (Å²) in [7, 11) is 0. The lowest BCUT2D eigenvalue weighted by Gasteiger charge is -2.05. The number of aromatic amines is 2. The van der Waals surface area contributed by atoms with Crippen molar-refractivity contribution in [3.05, 3.63) is 89.9 Å². The molecule has 4 N–H and O–H groups in total. The van der Waals surface area contributed by atoms with Gasteiger partial charge in [-0.2, -0.15) is 5.26 Å². The Balaban J connectivity index is 1.39. The highest BCUT2D eigenvalue weighted by Gasteiger charge is 2.16. The molecule has 5 rings (SSSR count). The maximum Gasteiger partial charge on any atom is 0.260 e. The minimum Gasteiger partial charge on any atom is -0.331 e. The van der Waals surface area contributed by atoms with Crippen molar-refractivity contribution >= 4 is 34.7 Å². The second kappa shape index (κ2) is 8.68. The standard InChI is InChI=1S/C24H16N8O2/c25-13-14-3-1-4-15(11-14)19-12-16(7-8-26-19)21(33)31-24-29-18-6-2-5-17(20(18)30-24)22(34)32-23-27-9-10-28-23/h1-12H,(H2,27,28,32,34)(H2,29,30,31,33). The number of benzene rings is 2. The molecule has 0 aliphatic rings. The molecule has 164 valence electrons. The van der Waals surface area contributed by atoms with Crippen LogP contribution in [-0.4, -0.2) is 36.7 Å². The first-order valence-electron chi connectivity index (χ1n) is 10.2. The third kappa shape index (κ3) is 4.09. The molecular formula is C24H16N8O2. The Hall–Kier alpha value is -5.30. The Morgan fingerprint density at radius 2 is 1.76 bits per heavy atom. The van der Waals surface area contributed by atoms with Gasteiger partial charge in [0.15, 0.2) is 0 Å². The zero-order valence-electron chi connectivity index (χ0n) is 17.5. The Kier molecular flexibility index (Phi) is 5.26. The molecule has 2 aromatic carbocycles. The number of fused-ring (bicyclic) bond motifs is 1. The number of aromatic nitrogens is 5. The Morgan fingerprint density at radius 1 is 0.912 bits per heavy atom. The lowest BCUT2D eigenvalue weighted by Crippen LogP contribution is -2.14. The number of carbonyl (C=O) groups excluding carboxylic acids is 2. The summed E-state index contributed by atoms with van der Waals surface area (Å²) in [4.78, 5) is 44.1. The predicted octanol–water partition coefficient (Wildman–Crippen LogP) is 3.72. The van der Waals surface area contributed by atoms with E-state index in [-0.39, 0.29) is 11.9 Å². The number of nitrogens with one attached hydrogen (secondary N) is 4. The quantitative estimate of drug-likeness (QED) is 0.321. The van der Waals surface area contributed by atoms with E-state index in [1.807, 2.05) is 6.07 Å². The summed E-state index contributed by atoms with van der Waals surface area (Å²) in [5.74, 6) is -0.271. The van der Waals surface area contributed by atoms with Crippen LogP contribution in [0.1, 0.15) is 26.3 Å². The second-order valence-corrected chi connectivity index (χ2v) is 7.26. The predicted molar refractivity (Wildman–Crippen MR) is 125 cm³/mol. The minimum absolute atomic E-state index is 0.197. The summed E-state index contributed by atoms with van der Waals surface area (Å²) in [5, 5.41) is 14.5. The average Bonchev–Trinajstić information content (AvgIpc) is 3.53. The van der Waals surface area contributed by atoms with E-state index in [0.717, 1.165) is 5.56 Å². The van der Waals surface area contributed by atoms with Gasteiger partial charge in [-0.05, 0) is 36.4 Å². The monoisotopic (exact) mass is 448 g/mol. The average molecular weight is 448 g/mol. The van der Waals surface area contributed by atoms with Gasteiger partial charge in [-0.3, -0.25) is 25.2 Å². The first kappa shape index (κ1) is 20.6. The third-order valence-electron chi connectivity index (χ3n) is 5.03. The molecule has 0 unspecified atom stereocenters. The zero-order chi connectivity index (χ0) is 23.5. The molecular weight excluding hydrogens is 432 g/mol. The van der Waals surface area contributed by atoms with E-state index in [1.54, 1.807) is 54.7 Å². The first-order chi connectivity index (χ1) is 16.6. The van der Waals surface area contributed by atoms with Crippen LogP contribution in [0.2, 0.25) is 0 Å². The number of H-pyrrole nitrogens is 2. The van der Waals surface area contributed by atoms with Gasteiger partial charge >= 0.3 is 0 Å². The van der Waals surface area contributed by atoms with E-state index in [0.29, 0.717) is 39.4 Å². The lowest BCUT2D eigenvalue weighted by molar-refractivity contribution is 0.101. The van der Waals surface area contributed by atoms with Crippen molar-refractivity contribution in [2.45, 2.75) is 0 Å². The van der Waals surface area contributed by atoms with Gasteiger partial charge in [0.2, 0.25) is 11.9 Å². The molecule has 5 aromatic rings. The Bertz CT molecular complexity index is 1560. The van der Waals surface area contributed by atoms with E-state index < -0.39 is 5.91 Å². The summed E-state index contributed by atoms with van der Waals surface area (Å²) in [5.41, 5.74) is 3.48. The molecule has 34 heavy (non-hydrogen) atoms. The molecule has 0 spiro atoms. The highest BCUT2D eigenvalue weighted by molar-refractivity contribution is 6.11. The van der Waals surface area contributed by atoms with Crippen LogP contribution in [0.15, 0.2) is 73.2 Å². The number of imidazole rings is 2. The van der Waals surface area contributed by atoms with Crippen molar-refractivity contribution in [2.24, 2.45) is 0 Å². The summed E-state index contributed by atoms with van der Waals surface area (Å²) in [6.07, 6.45) is 4.66. The number of amides is 2. The molecule has 0 bridgehead atoms. The van der Waals surface area contributed by atoms with Crippen LogP contribution in [0.25, 0.3) is 22.3 Å². The van der Waals surface area contributed by atoms with Crippen molar-refractivity contribution < 1.29 is 9.59 Å². The molecule has 0 atom stereocenters. The molecule has 10 heteroatoms. The molecule has 2 amide bonds. The second-order valence-electron chi connectivity index (χ2n) is 7.26. The van der Waals surface area contributed by atoms with Gasteiger partial charge in [-0.15, -0.1) is 0 Å². The van der Waals surface area contributed by atoms with Crippen LogP contribution < -0.4 is 10.6 Å². The van der Waals surface area contributed by atoms with Crippen LogP contribution in [-0.2, 0) is 0 Å². The number of anilines is 2. The molecule has 0 saturated carbocycles. The fraction of sp³-hybridized carbons (Fsp3) is 0. The van der Waals surface area contributed by atoms with Crippen LogP contribution in [0.3, 0.4) is 0 Å². The Morgan fingerprint density at radius 3 is 2.59 bits per heavy atom. The van der Waals surface area contributed by atoms with Crippen molar-refractivity contribution in [1.29, 1.82) is 5.26 Å². The normalized spacial score (nSPS) is 10.6. The van der Waals surface area contributed by atoms with E-state index in [4.69, 9.17) is 5.26 Å². The van der Waals surface area contributed by atoms with Gasteiger partial charge in [0.1, 0.15) is 5.52 Å². The SMILES string of the molecule is N#Cc1cccc(-c2cc(C(=O)Nc3nc4c(C(=O)Nc5ncc[nH]5)cccc4[nH]3)ccn2)c1.